The van der Waals surface area contributed by atoms with E-state index in [1.165, 1.54) is 0 Å². The number of hydrogen-bond donors (Lipinski definition) is 2. The molecule has 2 N–H and O–H groups in total. The van der Waals surface area contributed by atoms with Crippen molar-refractivity contribution < 1.29 is 9.59 Å². The van der Waals surface area contributed by atoms with Crippen molar-refractivity contribution >= 4 is 23.2 Å². The van der Waals surface area contributed by atoms with Crippen LogP contribution in [-0.4, -0.2) is 11.8 Å². The molecule has 0 saturated heterocycles. The quantitative estimate of drug-likeness (QED) is 0.851. The third kappa shape index (κ3) is 4.42. The highest BCUT2D eigenvalue weighted by Crippen LogP contribution is 2.18. The zero-order valence-corrected chi connectivity index (χ0v) is 13.0. The zero-order valence-electron chi connectivity index (χ0n) is 13.0. The number of carbonyl (C=O) groups excluding carboxylic acids is 2. The second-order valence-electron chi connectivity index (χ2n) is 5.21. The second-order valence-corrected chi connectivity index (χ2v) is 5.21. The molecule has 0 aromatic heterocycles. The second kappa shape index (κ2) is 7.23. The molecular weight excluding hydrogens is 290 g/mol. The van der Waals surface area contributed by atoms with Gasteiger partial charge in [0.05, 0.1) is 11.6 Å². The molecular formula is C18H17N3O2. The Hall–Kier alpha value is -3.13. The summed E-state index contributed by atoms with van der Waals surface area (Å²) >= 11 is 0. The molecule has 0 aliphatic rings. The van der Waals surface area contributed by atoms with Gasteiger partial charge in [0.2, 0.25) is 11.8 Å². The molecule has 0 heterocycles. The average molecular weight is 307 g/mol. The number of anilines is 2. The molecule has 0 unspecified atom stereocenters. The molecule has 0 radical (unpaired) electrons. The van der Waals surface area contributed by atoms with Crippen LogP contribution >= 0.6 is 0 Å². The van der Waals surface area contributed by atoms with Crippen LogP contribution in [0.15, 0.2) is 42.5 Å². The Morgan fingerprint density at radius 1 is 1.04 bits per heavy atom. The number of nitriles is 1. The minimum absolute atomic E-state index is 0.288. The zero-order chi connectivity index (χ0) is 16.8. The van der Waals surface area contributed by atoms with E-state index in [1.807, 2.05) is 32.0 Å². The van der Waals surface area contributed by atoms with Crippen LogP contribution in [0.4, 0.5) is 11.4 Å². The first-order valence-corrected chi connectivity index (χ1v) is 7.15. The van der Waals surface area contributed by atoms with Gasteiger partial charge < -0.3 is 10.6 Å². The van der Waals surface area contributed by atoms with Gasteiger partial charge in [-0.2, -0.15) is 5.26 Å². The molecule has 2 aromatic rings. The Bertz CT molecular complexity index is 791. The lowest BCUT2D eigenvalue weighted by molar-refractivity contribution is -0.123. The molecule has 5 heteroatoms. The minimum atomic E-state index is -0.428. The summed E-state index contributed by atoms with van der Waals surface area (Å²) in [6.45, 7) is 3.87. The molecule has 23 heavy (non-hydrogen) atoms. The Morgan fingerprint density at radius 2 is 1.74 bits per heavy atom. The first-order valence-electron chi connectivity index (χ1n) is 7.15. The van der Waals surface area contributed by atoms with Gasteiger partial charge in [-0.1, -0.05) is 18.2 Å². The van der Waals surface area contributed by atoms with Gasteiger partial charge in [0.15, 0.2) is 0 Å². The van der Waals surface area contributed by atoms with Gasteiger partial charge in [0.25, 0.3) is 0 Å². The molecule has 0 bridgehead atoms. The molecule has 0 saturated carbocycles. The van der Waals surface area contributed by atoms with Crippen LogP contribution in [0.3, 0.4) is 0 Å². The van der Waals surface area contributed by atoms with Gasteiger partial charge in [-0.25, -0.2) is 0 Å². The summed E-state index contributed by atoms with van der Waals surface area (Å²) in [4.78, 5) is 23.9. The third-order valence-electron chi connectivity index (χ3n) is 3.48. The first kappa shape index (κ1) is 16.2. The molecule has 2 amide bonds. The molecule has 116 valence electrons. The number of carbonyl (C=O) groups is 2. The monoisotopic (exact) mass is 307 g/mol. The van der Waals surface area contributed by atoms with Crippen molar-refractivity contribution in [1.82, 2.24) is 0 Å². The number of amides is 2. The summed E-state index contributed by atoms with van der Waals surface area (Å²) in [5, 5.41) is 14.2. The highest BCUT2D eigenvalue weighted by Gasteiger charge is 2.11. The Kier molecular flexibility index (Phi) is 5.11. The number of benzene rings is 2. The van der Waals surface area contributed by atoms with Gasteiger partial charge >= 0.3 is 0 Å². The van der Waals surface area contributed by atoms with E-state index in [0.29, 0.717) is 16.9 Å². The number of rotatable bonds is 4. The van der Waals surface area contributed by atoms with Crippen molar-refractivity contribution in [3.05, 3.63) is 59.2 Å². The molecule has 0 fully saturated rings. The van der Waals surface area contributed by atoms with Crippen molar-refractivity contribution in [3.63, 3.8) is 0 Å². The van der Waals surface area contributed by atoms with Crippen LogP contribution in [0.25, 0.3) is 0 Å². The highest BCUT2D eigenvalue weighted by molar-refractivity contribution is 6.08. The highest BCUT2D eigenvalue weighted by atomic mass is 16.2. The van der Waals surface area contributed by atoms with Crippen LogP contribution in [0.2, 0.25) is 0 Å². The number of nitrogens with zero attached hydrogens (tertiary/aromatic N) is 1. The number of aryl methyl sites for hydroxylation is 1. The molecule has 2 rings (SSSR count). The van der Waals surface area contributed by atoms with Crippen LogP contribution in [-0.2, 0) is 9.59 Å². The van der Waals surface area contributed by atoms with Gasteiger partial charge in [0, 0.05) is 11.4 Å². The normalized spacial score (nSPS) is 9.78. The van der Waals surface area contributed by atoms with Crippen LogP contribution in [0, 0.1) is 25.2 Å². The van der Waals surface area contributed by atoms with Crippen LogP contribution in [0.5, 0.6) is 0 Å². The lowest BCUT2D eigenvalue weighted by atomic mass is 10.1. The van der Waals surface area contributed by atoms with E-state index >= 15 is 0 Å². The average Bonchev–Trinajstić information content (AvgIpc) is 2.51. The molecule has 0 aliphatic heterocycles. The molecule has 5 nitrogen and oxygen atoms in total. The van der Waals surface area contributed by atoms with E-state index in [2.05, 4.69) is 10.6 Å². The summed E-state index contributed by atoms with van der Waals surface area (Å²) in [6.07, 6.45) is -0.288. The number of hydrogen-bond acceptors (Lipinski definition) is 3. The minimum Gasteiger partial charge on any atom is -0.326 e. The van der Waals surface area contributed by atoms with E-state index in [4.69, 9.17) is 5.26 Å². The predicted octanol–water partition coefficient (Wildman–Crippen LogP) is 3.14. The maximum absolute atomic E-state index is 12.0. The third-order valence-corrected chi connectivity index (χ3v) is 3.48. The Balaban J connectivity index is 1.96. The summed E-state index contributed by atoms with van der Waals surface area (Å²) < 4.78 is 0. The van der Waals surface area contributed by atoms with E-state index in [0.717, 1.165) is 11.1 Å². The summed E-state index contributed by atoms with van der Waals surface area (Å²) in [7, 11) is 0. The van der Waals surface area contributed by atoms with Gasteiger partial charge in [-0.3, -0.25) is 9.59 Å². The molecule has 0 aliphatic carbocycles. The maximum atomic E-state index is 12.0. The lowest BCUT2D eigenvalue weighted by Gasteiger charge is -2.10. The van der Waals surface area contributed by atoms with Gasteiger partial charge in [-0.05, 0) is 49.2 Å². The SMILES string of the molecule is Cc1cccc(NC(=O)CC(=O)Nc2cccc(C#N)c2)c1C. The van der Waals surface area contributed by atoms with Crippen molar-refractivity contribution in [3.8, 4) is 6.07 Å². The predicted molar refractivity (Wildman–Crippen MR) is 88.9 cm³/mol. The Labute approximate surface area is 134 Å². The molecule has 0 atom stereocenters. The fourth-order valence-corrected chi connectivity index (χ4v) is 2.10. The lowest BCUT2D eigenvalue weighted by Crippen LogP contribution is -2.21. The molecule has 2 aromatic carbocycles. The van der Waals surface area contributed by atoms with Crippen molar-refractivity contribution in [2.24, 2.45) is 0 Å². The van der Waals surface area contributed by atoms with Crippen LogP contribution in [0.1, 0.15) is 23.1 Å². The number of nitrogens with one attached hydrogen (secondary N) is 2. The van der Waals surface area contributed by atoms with E-state index in [9.17, 15) is 9.59 Å². The fraction of sp³-hybridized carbons (Fsp3) is 0.167. The Morgan fingerprint density at radius 3 is 2.48 bits per heavy atom. The van der Waals surface area contributed by atoms with Crippen molar-refractivity contribution in [2.75, 3.05) is 10.6 Å². The first-order chi connectivity index (χ1) is 11.0. The van der Waals surface area contributed by atoms with Crippen molar-refractivity contribution in [2.45, 2.75) is 20.3 Å². The van der Waals surface area contributed by atoms with E-state index in [1.54, 1.807) is 30.3 Å². The van der Waals surface area contributed by atoms with E-state index < -0.39 is 5.91 Å². The van der Waals surface area contributed by atoms with E-state index in [-0.39, 0.29) is 12.3 Å². The maximum Gasteiger partial charge on any atom is 0.233 e. The van der Waals surface area contributed by atoms with Gasteiger partial charge in [0.1, 0.15) is 6.42 Å². The topological polar surface area (TPSA) is 82.0 Å². The van der Waals surface area contributed by atoms with Crippen molar-refractivity contribution in [1.29, 1.82) is 5.26 Å². The smallest absolute Gasteiger partial charge is 0.233 e. The standard InChI is InChI=1S/C18H17N3O2/c1-12-5-3-8-16(13(12)2)21-18(23)10-17(22)20-15-7-4-6-14(9-15)11-19/h3-9H,10H2,1-2H3,(H,20,22)(H,21,23). The molecule has 0 spiro atoms. The summed E-state index contributed by atoms with van der Waals surface area (Å²) in [5.74, 6) is -0.810. The van der Waals surface area contributed by atoms with Gasteiger partial charge in [-0.15, -0.1) is 0 Å². The van der Waals surface area contributed by atoms with Crippen LogP contribution < -0.4 is 10.6 Å². The largest absolute Gasteiger partial charge is 0.326 e. The summed E-state index contributed by atoms with van der Waals surface area (Å²) in [5.41, 5.74) is 3.69. The fourth-order valence-electron chi connectivity index (χ4n) is 2.10. The summed E-state index contributed by atoms with van der Waals surface area (Å²) in [6, 6.07) is 14.1.